The van der Waals surface area contributed by atoms with Crippen LogP contribution in [0.5, 0.6) is 5.75 Å². The molecule has 0 radical (unpaired) electrons. The maximum absolute atomic E-state index is 12.4. The fourth-order valence-electron chi connectivity index (χ4n) is 1.70. The molecule has 0 saturated heterocycles. The molecule has 0 aliphatic carbocycles. The number of halogens is 1. The Labute approximate surface area is 145 Å². The molecule has 24 heavy (non-hydrogen) atoms. The van der Waals surface area contributed by atoms with Gasteiger partial charge in [0.15, 0.2) is 0 Å². The summed E-state index contributed by atoms with van der Waals surface area (Å²) in [7, 11) is -2.63. The third-order valence-electron chi connectivity index (χ3n) is 2.69. The van der Waals surface area contributed by atoms with Gasteiger partial charge in [0.2, 0.25) is 5.91 Å². The van der Waals surface area contributed by atoms with Gasteiger partial charge in [0.1, 0.15) is 10.6 Å². The molecular weight excluding hydrogens is 354 g/mol. The molecule has 2 rings (SSSR count). The van der Waals surface area contributed by atoms with Crippen molar-refractivity contribution < 1.29 is 17.9 Å². The van der Waals surface area contributed by atoms with Crippen molar-refractivity contribution in [3.63, 3.8) is 0 Å². The van der Waals surface area contributed by atoms with E-state index in [1.165, 1.54) is 43.8 Å². The van der Waals surface area contributed by atoms with E-state index in [0.29, 0.717) is 0 Å². The van der Waals surface area contributed by atoms with E-state index >= 15 is 0 Å². The topological polar surface area (TPSA) is 111 Å². The van der Waals surface area contributed by atoms with Crippen molar-refractivity contribution in [1.29, 1.82) is 0 Å². The molecule has 3 N–H and O–H groups in total. The lowest BCUT2D eigenvalue weighted by atomic mass is 10.2. The van der Waals surface area contributed by atoms with Crippen LogP contribution in [-0.4, -0.2) is 26.4 Å². The first kappa shape index (κ1) is 19.7. The molecule has 130 valence electrons. The molecule has 1 amide bonds. The zero-order valence-corrected chi connectivity index (χ0v) is 15.0. The van der Waals surface area contributed by atoms with Gasteiger partial charge in [-0.3, -0.25) is 14.5 Å². The minimum atomic E-state index is -3.97. The number of aromatic nitrogens is 1. The summed E-state index contributed by atoms with van der Waals surface area (Å²) in [6.07, 6.45) is 2.49. The Morgan fingerprint density at radius 2 is 1.92 bits per heavy atom. The van der Waals surface area contributed by atoms with E-state index < -0.39 is 15.9 Å². The number of hydrogen-bond donors (Lipinski definition) is 2. The molecule has 0 unspecified atom stereocenters. The van der Waals surface area contributed by atoms with Crippen LogP contribution in [0.25, 0.3) is 0 Å². The average Bonchev–Trinajstić information content (AvgIpc) is 2.56. The minimum Gasteiger partial charge on any atom is -0.495 e. The summed E-state index contributed by atoms with van der Waals surface area (Å²) >= 11 is 5.83. The third-order valence-corrected chi connectivity index (χ3v) is 4.33. The quantitative estimate of drug-likeness (QED) is 0.839. The highest BCUT2D eigenvalue weighted by Crippen LogP contribution is 2.28. The summed E-state index contributed by atoms with van der Waals surface area (Å²) in [5, 5.41) is 0.241. The summed E-state index contributed by atoms with van der Waals surface area (Å²) in [6, 6.07) is 5.49. The van der Waals surface area contributed by atoms with E-state index in [9.17, 15) is 13.2 Å². The molecule has 0 fully saturated rings. The van der Waals surface area contributed by atoms with Gasteiger partial charge in [0.25, 0.3) is 10.0 Å². The second-order valence-electron chi connectivity index (χ2n) is 4.23. The fraction of sp³-hybridized carbons (Fsp3) is 0.200. The van der Waals surface area contributed by atoms with Crippen molar-refractivity contribution in [2.75, 3.05) is 11.8 Å². The van der Waals surface area contributed by atoms with Crippen LogP contribution in [0.2, 0.25) is 5.02 Å². The van der Waals surface area contributed by atoms with Gasteiger partial charge in [-0.25, -0.2) is 8.42 Å². The number of nitrogens with one attached hydrogen (secondary N) is 1. The van der Waals surface area contributed by atoms with Gasteiger partial charge in [0, 0.05) is 11.2 Å². The SMILES string of the molecule is CC.COc1ccc(Cl)cc1S(=O)(=O)Nc1cncc(C(N)=O)c1. The molecule has 2 aromatic rings. The van der Waals surface area contributed by atoms with Crippen molar-refractivity contribution in [2.24, 2.45) is 5.73 Å². The first-order valence-corrected chi connectivity index (χ1v) is 8.81. The lowest BCUT2D eigenvalue weighted by molar-refractivity contribution is 0.1000. The Kier molecular flexibility index (Phi) is 6.99. The zero-order chi connectivity index (χ0) is 18.3. The van der Waals surface area contributed by atoms with E-state index in [-0.39, 0.29) is 26.9 Å². The zero-order valence-electron chi connectivity index (χ0n) is 13.4. The molecule has 0 saturated carbocycles. The Morgan fingerprint density at radius 3 is 2.50 bits per heavy atom. The molecule has 0 atom stereocenters. The molecule has 0 aliphatic heterocycles. The summed E-state index contributed by atoms with van der Waals surface area (Å²) in [5.74, 6) is -0.579. The largest absolute Gasteiger partial charge is 0.495 e. The first-order valence-electron chi connectivity index (χ1n) is 6.94. The van der Waals surface area contributed by atoms with Gasteiger partial charge in [-0.2, -0.15) is 0 Å². The lowest BCUT2D eigenvalue weighted by Crippen LogP contribution is -2.16. The molecule has 0 aliphatic rings. The monoisotopic (exact) mass is 371 g/mol. The maximum atomic E-state index is 12.4. The molecule has 1 heterocycles. The van der Waals surface area contributed by atoms with Crippen LogP contribution < -0.4 is 15.2 Å². The number of anilines is 1. The fourth-order valence-corrected chi connectivity index (χ4v) is 3.17. The van der Waals surface area contributed by atoms with Crippen LogP contribution in [0.1, 0.15) is 24.2 Å². The Hall–Kier alpha value is -2.32. The average molecular weight is 372 g/mol. The van der Waals surface area contributed by atoms with Gasteiger partial charge in [-0.15, -0.1) is 0 Å². The number of sulfonamides is 1. The van der Waals surface area contributed by atoms with Crippen LogP contribution >= 0.6 is 11.6 Å². The predicted octanol–water partition coefficient (Wildman–Crippen LogP) is 2.67. The van der Waals surface area contributed by atoms with Crippen molar-refractivity contribution in [2.45, 2.75) is 18.7 Å². The third kappa shape index (κ3) is 4.84. The number of nitrogens with two attached hydrogens (primary N) is 1. The summed E-state index contributed by atoms with van der Waals surface area (Å²) < 4.78 is 32.2. The second kappa shape index (κ2) is 8.51. The number of rotatable bonds is 5. The minimum absolute atomic E-state index is 0.0817. The highest BCUT2D eigenvalue weighted by molar-refractivity contribution is 7.92. The number of methoxy groups -OCH3 is 1. The van der Waals surface area contributed by atoms with Crippen molar-refractivity contribution in [1.82, 2.24) is 4.98 Å². The van der Waals surface area contributed by atoms with Crippen molar-refractivity contribution >= 4 is 33.2 Å². The van der Waals surface area contributed by atoms with E-state index in [4.69, 9.17) is 22.1 Å². The van der Waals surface area contributed by atoms with Crippen molar-refractivity contribution in [3.05, 3.63) is 47.2 Å². The van der Waals surface area contributed by atoms with Crippen LogP contribution in [-0.2, 0) is 10.0 Å². The van der Waals surface area contributed by atoms with Gasteiger partial charge in [-0.1, -0.05) is 25.4 Å². The number of hydrogen-bond acceptors (Lipinski definition) is 5. The number of pyridine rings is 1. The van der Waals surface area contributed by atoms with Crippen LogP contribution in [0.3, 0.4) is 0 Å². The highest BCUT2D eigenvalue weighted by atomic mass is 35.5. The highest BCUT2D eigenvalue weighted by Gasteiger charge is 2.20. The van der Waals surface area contributed by atoms with Crippen LogP contribution in [0, 0.1) is 0 Å². The molecule has 7 nitrogen and oxygen atoms in total. The lowest BCUT2D eigenvalue weighted by Gasteiger charge is -2.12. The Balaban J connectivity index is 0.00000139. The summed E-state index contributed by atoms with van der Waals surface area (Å²) in [4.78, 5) is 14.7. The number of benzene rings is 1. The summed E-state index contributed by atoms with van der Waals surface area (Å²) in [6.45, 7) is 4.00. The number of nitrogens with zero attached hydrogens (tertiary/aromatic N) is 1. The molecule has 1 aromatic carbocycles. The van der Waals surface area contributed by atoms with Gasteiger partial charge in [-0.05, 0) is 24.3 Å². The number of carbonyl (C=O) groups is 1. The summed E-state index contributed by atoms with van der Waals surface area (Å²) in [5.41, 5.74) is 5.31. The molecule has 9 heteroatoms. The van der Waals surface area contributed by atoms with E-state index in [1.54, 1.807) is 0 Å². The Bertz CT molecular complexity index is 825. The van der Waals surface area contributed by atoms with E-state index in [0.717, 1.165) is 0 Å². The number of primary amides is 1. The molecule has 0 bridgehead atoms. The van der Waals surface area contributed by atoms with Crippen LogP contribution in [0.4, 0.5) is 5.69 Å². The number of amides is 1. The molecular formula is C15H18ClN3O4S. The van der Waals surface area contributed by atoms with E-state index in [2.05, 4.69) is 9.71 Å². The Morgan fingerprint density at radius 1 is 1.25 bits per heavy atom. The van der Waals surface area contributed by atoms with Gasteiger partial charge < -0.3 is 10.5 Å². The smallest absolute Gasteiger partial charge is 0.265 e. The molecule has 1 aromatic heterocycles. The number of ether oxygens (including phenoxy) is 1. The van der Waals surface area contributed by atoms with E-state index in [1.807, 2.05) is 13.8 Å². The van der Waals surface area contributed by atoms with Crippen molar-refractivity contribution in [3.8, 4) is 5.75 Å². The van der Waals surface area contributed by atoms with Crippen LogP contribution in [0.15, 0.2) is 41.6 Å². The van der Waals surface area contributed by atoms with Gasteiger partial charge >= 0.3 is 0 Å². The standard InChI is InChI=1S/C13H12ClN3O4S.C2H6/c1-21-11-3-2-9(14)5-12(11)22(19,20)17-10-4-8(13(15)18)6-16-7-10;1-2/h2-7,17H,1H3,(H2,15,18);1-2H3. The first-order chi connectivity index (χ1) is 11.3. The predicted molar refractivity (Wildman–Crippen MR) is 92.9 cm³/mol. The normalized spacial score (nSPS) is 10.3. The maximum Gasteiger partial charge on any atom is 0.265 e. The van der Waals surface area contributed by atoms with Gasteiger partial charge in [0.05, 0.1) is 24.6 Å². The second-order valence-corrected chi connectivity index (χ2v) is 6.31. The molecule has 0 spiro atoms. The number of carbonyl (C=O) groups excluding carboxylic acids is 1.